The number of tetrazole rings is 1. The maximum Gasteiger partial charge on any atom is 0.266 e. The molecule has 2 atom stereocenters. The lowest BCUT2D eigenvalue weighted by atomic mass is 10.1. The molecule has 110 valence electrons. The highest BCUT2D eigenvalue weighted by atomic mass is 32.1. The predicted octanol–water partition coefficient (Wildman–Crippen LogP) is 0.690. The maximum atomic E-state index is 12.8. The van der Waals surface area contributed by atoms with Crippen molar-refractivity contribution >= 4 is 17.2 Å². The molecule has 4 heterocycles. The highest BCUT2D eigenvalue weighted by molar-refractivity contribution is 7.12. The molecule has 2 aromatic rings. The first-order valence-corrected chi connectivity index (χ1v) is 8.05. The third-order valence-electron chi connectivity index (χ3n) is 4.24. The van der Waals surface area contributed by atoms with E-state index in [1.165, 1.54) is 30.5 Å². The zero-order valence-electron chi connectivity index (χ0n) is 11.5. The zero-order chi connectivity index (χ0) is 14.2. The monoisotopic (exact) mass is 304 g/mol. The summed E-state index contributed by atoms with van der Waals surface area (Å²) in [7, 11) is 0. The third kappa shape index (κ3) is 2.34. The molecule has 1 amide bonds. The van der Waals surface area contributed by atoms with Gasteiger partial charge in [0, 0.05) is 25.2 Å². The normalized spacial score (nSPS) is 25.0. The van der Waals surface area contributed by atoms with Gasteiger partial charge in [-0.05, 0) is 41.1 Å². The minimum absolute atomic E-state index is 0.0878. The summed E-state index contributed by atoms with van der Waals surface area (Å²) in [5.41, 5.74) is 0.761. The van der Waals surface area contributed by atoms with Crippen molar-refractivity contribution in [2.75, 3.05) is 13.1 Å². The lowest BCUT2D eigenvalue weighted by Gasteiger charge is -2.24. The second kappa shape index (κ2) is 5.19. The molecule has 2 unspecified atom stereocenters. The van der Waals surface area contributed by atoms with Gasteiger partial charge in [-0.3, -0.25) is 4.79 Å². The first-order valence-electron chi connectivity index (χ1n) is 7.17. The lowest BCUT2D eigenvalue weighted by Crippen LogP contribution is -2.39. The molecule has 1 N–H and O–H groups in total. The minimum Gasteiger partial charge on any atom is -0.336 e. The van der Waals surface area contributed by atoms with Crippen LogP contribution in [-0.4, -0.2) is 56.2 Å². The van der Waals surface area contributed by atoms with Gasteiger partial charge in [0.25, 0.3) is 5.91 Å². The SMILES string of the molecule is O=C(c1sccc1-n1cnnn1)N1CCC2CCC(C1)N2. The van der Waals surface area contributed by atoms with Crippen LogP contribution in [0.25, 0.3) is 5.69 Å². The van der Waals surface area contributed by atoms with Crippen LogP contribution in [-0.2, 0) is 0 Å². The molecule has 0 saturated carbocycles. The van der Waals surface area contributed by atoms with Crippen LogP contribution in [0.3, 0.4) is 0 Å². The van der Waals surface area contributed by atoms with Crippen LogP contribution in [0.4, 0.5) is 0 Å². The molecule has 8 heteroatoms. The Labute approximate surface area is 125 Å². The first kappa shape index (κ1) is 12.9. The van der Waals surface area contributed by atoms with Crippen LogP contribution in [0.15, 0.2) is 17.8 Å². The van der Waals surface area contributed by atoms with Crippen LogP contribution >= 0.6 is 11.3 Å². The largest absolute Gasteiger partial charge is 0.336 e. The zero-order valence-corrected chi connectivity index (χ0v) is 12.3. The van der Waals surface area contributed by atoms with E-state index in [4.69, 9.17) is 0 Å². The second-order valence-corrected chi connectivity index (χ2v) is 6.48. The summed E-state index contributed by atoms with van der Waals surface area (Å²) in [6, 6.07) is 2.91. The smallest absolute Gasteiger partial charge is 0.266 e. The fourth-order valence-corrected chi connectivity index (χ4v) is 4.03. The number of nitrogens with one attached hydrogen (secondary N) is 1. The third-order valence-corrected chi connectivity index (χ3v) is 5.14. The number of rotatable bonds is 2. The molecular weight excluding hydrogens is 288 g/mol. The number of likely N-dealkylation sites (tertiary alicyclic amines) is 1. The summed E-state index contributed by atoms with van der Waals surface area (Å²) >= 11 is 1.45. The summed E-state index contributed by atoms with van der Waals surface area (Å²) < 4.78 is 1.55. The van der Waals surface area contributed by atoms with Crippen molar-refractivity contribution in [3.8, 4) is 5.69 Å². The number of hydrogen-bond acceptors (Lipinski definition) is 6. The molecule has 0 radical (unpaired) electrons. The van der Waals surface area contributed by atoms with Crippen molar-refractivity contribution in [1.82, 2.24) is 30.4 Å². The van der Waals surface area contributed by atoms with Gasteiger partial charge in [-0.1, -0.05) is 0 Å². The number of fused-ring (bicyclic) bond motifs is 2. The van der Waals surface area contributed by atoms with Crippen LogP contribution in [0.1, 0.15) is 28.9 Å². The summed E-state index contributed by atoms with van der Waals surface area (Å²) in [6.45, 7) is 1.61. The Morgan fingerprint density at radius 3 is 3.10 bits per heavy atom. The average Bonchev–Trinajstić information content (AvgIpc) is 3.17. The summed E-state index contributed by atoms with van der Waals surface area (Å²) in [5.74, 6) is 0.0878. The van der Waals surface area contributed by atoms with Crippen molar-refractivity contribution in [3.05, 3.63) is 22.7 Å². The molecule has 4 rings (SSSR count). The molecule has 2 aliphatic heterocycles. The van der Waals surface area contributed by atoms with E-state index in [-0.39, 0.29) is 5.91 Å². The Morgan fingerprint density at radius 1 is 1.33 bits per heavy atom. The van der Waals surface area contributed by atoms with E-state index < -0.39 is 0 Å². The number of hydrogen-bond donors (Lipinski definition) is 1. The Balaban J connectivity index is 1.59. The number of aromatic nitrogens is 4. The summed E-state index contributed by atoms with van der Waals surface area (Å²) in [4.78, 5) is 15.5. The van der Waals surface area contributed by atoms with E-state index in [9.17, 15) is 4.79 Å². The Bertz CT molecular complexity index is 639. The maximum absolute atomic E-state index is 12.8. The molecule has 7 nitrogen and oxygen atoms in total. The van der Waals surface area contributed by atoms with E-state index in [1.54, 1.807) is 4.68 Å². The predicted molar refractivity (Wildman–Crippen MR) is 77.5 cm³/mol. The van der Waals surface area contributed by atoms with Crippen LogP contribution in [0.2, 0.25) is 0 Å². The summed E-state index contributed by atoms with van der Waals surface area (Å²) in [5, 5.41) is 16.7. The molecule has 2 aliphatic rings. The van der Waals surface area contributed by atoms with Crippen molar-refractivity contribution < 1.29 is 4.79 Å². The Hall–Kier alpha value is -1.80. The first-order chi connectivity index (χ1) is 10.3. The van der Waals surface area contributed by atoms with E-state index in [1.807, 2.05) is 16.3 Å². The molecule has 2 bridgehead atoms. The molecule has 2 aromatic heterocycles. The van der Waals surface area contributed by atoms with Gasteiger partial charge in [0.2, 0.25) is 0 Å². The van der Waals surface area contributed by atoms with Gasteiger partial charge < -0.3 is 10.2 Å². The van der Waals surface area contributed by atoms with E-state index in [0.717, 1.165) is 25.2 Å². The molecule has 0 aromatic carbocycles. The standard InChI is InChI=1S/C13H16N6OS/c20-13(18-5-3-9-1-2-10(7-18)15-9)12-11(4-6-21-12)19-8-14-16-17-19/h4,6,8-10,15H,1-3,5,7H2. The minimum atomic E-state index is 0.0878. The van der Waals surface area contributed by atoms with E-state index >= 15 is 0 Å². The molecule has 2 saturated heterocycles. The molecular formula is C13H16N6OS. The fourth-order valence-electron chi connectivity index (χ4n) is 3.19. The summed E-state index contributed by atoms with van der Waals surface area (Å²) in [6.07, 6.45) is 4.96. The number of carbonyl (C=O) groups excluding carboxylic acids is 1. The molecule has 0 spiro atoms. The Kier molecular flexibility index (Phi) is 3.19. The van der Waals surface area contributed by atoms with Crippen LogP contribution in [0.5, 0.6) is 0 Å². The highest BCUT2D eigenvalue weighted by Crippen LogP contribution is 2.25. The molecule has 0 aliphatic carbocycles. The van der Waals surface area contributed by atoms with Gasteiger partial charge in [0.1, 0.15) is 11.2 Å². The number of amides is 1. The average molecular weight is 304 g/mol. The van der Waals surface area contributed by atoms with Gasteiger partial charge in [-0.15, -0.1) is 16.4 Å². The second-order valence-electron chi connectivity index (χ2n) is 5.57. The van der Waals surface area contributed by atoms with Crippen molar-refractivity contribution in [2.45, 2.75) is 31.3 Å². The van der Waals surface area contributed by atoms with Gasteiger partial charge >= 0.3 is 0 Å². The van der Waals surface area contributed by atoms with Crippen LogP contribution < -0.4 is 5.32 Å². The van der Waals surface area contributed by atoms with E-state index in [2.05, 4.69) is 20.8 Å². The lowest BCUT2D eigenvalue weighted by molar-refractivity contribution is 0.0753. The van der Waals surface area contributed by atoms with Gasteiger partial charge in [-0.2, -0.15) is 4.68 Å². The van der Waals surface area contributed by atoms with Gasteiger partial charge in [0.05, 0.1) is 5.69 Å². The van der Waals surface area contributed by atoms with Gasteiger partial charge in [0.15, 0.2) is 0 Å². The Morgan fingerprint density at radius 2 is 2.24 bits per heavy atom. The number of thiophene rings is 1. The van der Waals surface area contributed by atoms with Gasteiger partial charge in [-0.25, -0.2) is 0 Å². The van der Waals surface area contributed by atoms with E-state index in [0.29, 0.717) is 17.0 Å². The fraction of sp³-hybridized carbons (Fsp3) is 0.538. The number of carbonyl (C=O) groups is 1. The quantitative estimate of drug-likeness (QED) is 0.883. The van der Waals surface area contributed by atoms with Crippen LogP contribution in [0, 0.1) is 0 Å². The molecule has 21 heavy (non-hydrogen) atoms. The highest BCUT2D eigenvalue weighted by Gasteiger charge is 2.32. The van der Waals surface area contributed by atoms with Crippen molar-refractivity contribution in [3.63, 3.8) is 0 Å². The van der Waals surface area contributed by atoms with Crippen molar-refractivity contribution in [2.24, 2.45) is 0 Å². The molecule has 2 fully saturated rings. The topological polar surface area (TPSA) is 75.9 Å². The number of nitrogens with zero attached hydrogens (tertiary/aromatic N) is 5. The van der Waals surface area contributed by atoms with Crippen molar-refractivity contribution in [1.29, 1.82) is 0 Å².